The first-order valence-electron chi connectivity index (χ1n) is 11.6. The van der Waals surface area contributed by atoms with Crippen molar-refractivity contribution >= 4 is 21.8 Å². The van der Waals surface area contributed by atoms with Crippen molar-refractivity contribution in [3.05, 3.63) is 65.2 Å². The molecule has 36 heavy (non-hydrogen) atoms. The van der Waals surface area contributed by atoms with E-state index in [9.17, 15) is 26.8 Å². The summed E-state index contributed by atoms with van der Waals surface area (Å²) in [7, 11) is -3.82. The fourth-order valence-corrected chi connectivity index (χ4v) is 6.00. The number of hydrogen-bond acceptors (Lipinski definition) is 5. The molecule has 2 aromatic rings. The Labute approximate surface area is 208 Å². The van der Waals surface area contributed by atoms with E-state index in [0.29, 0.717) is 24.9 Å². The summed E-state index contributed by atoms with van der Waals surface area (Å²) in [6, 6.07) is 12.2. The molecule has 1 N–H and O–H groups in total. The van der Waals surface area contributed by atoms with E-state index in [0.717, 1.165) is 0 Å². The highest BCUT2D eigenvalue weighted by atomic mass is 32.2. The molecule has 2 atom stereocenters. The van der Waals surface area contributed by atoms with Crippen LogP contribution in [0.3, 0.4) is 0 Å². The number of likely N-dealkylation sites (tertiary alicyclic amines) is 1. The van der Waals surface area contributed by atoms with E-state index >= 15 is 0 Å². The van der Waals surface area contributed by atoms with Crippen molar-refractivity contribution in [1.29, 1.82) is 5.26 Å². The van der Waals surface area contributed by atoms with Crippen LogP contribution in [0.5, 0.6) is 0 Å². The molecule has 2 saturated heterocycles. The standard InChI is InChI=1S/C25H26F2N4O4S/c1-16(18-7-9-19(10-8-18)23(26)27)29-24(32)22-6-3-11-31(22)25(33)20-4-2-5-21(12-20)36(34,35)30-14-17(13-28)15-30/h2,4-5,7-10,12,16-17,22-23H,3,6,11,14-15H2,1H3,(H,29,32)/t16-,22-/m1/s1. The Balaban J connectivity index is 1.45. The van der Waals surface area contributed by atoms with Crippen molar-refractivity contribution in [2.24, 2.45) is 5.92 Å². The summed E-state index contributed by atoms with van der Waals surface area (Å²) in [6.45, 7) is 2.32. The predicted octanol–water partition coefficient (Wildman–Crippen LogP) is 3.25. The normalized spacial score (nSPS) is 19.5. The average Bonchev–Trinajstić information content (AvgIpc) is 3.33. The van der Waals surface area contributed by atoms with E-state index < -0.39 is 34.4 Å². The lowest BCUT2D eigenvalue weighted by molar-refractivity contribution is -0.125. The zero-order chi connectivity index (χ0) is 26.0. The van der Waals surface area contributed by atoms with Crippen LogP contribution in [-0.2, 0) is 14.8 Å². The number of hydrogen-bond donors (Lipinski definition) is 1. The number of carbonyl (C=O) groups excluding carboxylic acids is 2. The van der Waals surface area contributed by atoms with Gasteiger partial charge >= 0.3 is 0 Å². The quantitative estimate of drug-likeness (QED) is 0.608. The van der Waals surface area contributed by atoms with Crippen molar-refractivity contribution in [3.8, 4) is 6.07 Å². The van der Waals surface area contributed by atoms with Gasteiger partial charge in [0, 0.05) is 30.8 Å². The molecule has 2 aliphatic heterocycles. The molecular weight excluding hydrogens is 490 g/mol. The SMILES string of the molecule is C[C@@H](NC(=O)[C@H]1CCCN1C(=O)c1cccc(S(=O)(=O)N2CC(C#N)C2)c1)c1ccc(C(F)F)cc1. The van der Waals surface area contributed by atoms with Gasteiger partial charge in [-0.15, -0.1) is 0 Å². The van der Waals surface area contributed by atoms with Crippen LogP contribution in [-0.4, -0.2) is 55.1 Å². The summed E-state index contributed by atoms with van der Waals surface area (Å²) >= 11 is 0. The lowest BCUT2D eigenvalue weighted by Gasteiger charge is -2.34. The number of alkyl halides is 2. The van der Waals surface area contributed by atoms with E-state index in [1.54, 1.807) is 6.92 Å². The lowest BCUT2D eigenvalue weighted by Crippen LogP contribution is -2.49. The van der Waals surface area contributed by atoms with Crippen LogP contribution in [0, 0.1) is 17.2 Å². The van der Waals surface area contributed by atoms with Gasteiger partial charge in [0.05, 0.1) is 22.9 Å². The van der Waals surface area contributed by atoms with Gasteiger partial charge in [0.15, 0.2) is 0 Å². The summed E-state index contributed by atoms with van der Waals surface area (Å²) in [4.78, 5) is 27.7. The van der Waals surface area contributed by atoms with Crippen molar-refractivity contribution in [2.75, 3.05) is 19.6 Å². The zero-order valence-electron chi connectivity index (χ0n) is 19.6. The molecule has 0 aromatic heterocycles. The molecule has 0 unspecified atom stereocenters. The first kappa shape index (κ1) is 25.7. The molecule has 190 valence electrons. The monoisotopic (exact) mass is 516 g/mol. The summed E-state index contributed by atoms with van der Waals surface area (Å²) in [5.74, 6) is -1.14. The van der Waals surface area contributed by atoms with Gasteiger partial charge in [0.1, 0.15) is 6.04 Å². The highest BCUT2D eigenvalue weighted by molar-refractivity contribution is 7.89. The second kappa shape index (κ2) is 10.3. The highest BCUT2D eigenvalue weighted by Crippen LogP contribution is 2.27. The van der Waals surface area contributed by atoms with Gasteiger partial charge in [0.2, 0.25) is 15.9 Å². The smallest absolute Gasteiger partial charge is 0.263 e. The van der Waals surface area contributed by atoms with Crippen LogP contribution in [0.1, 0.15) is 53.7 Å². The van der Waals surface area contributed by atoms with E-state index in [4.69, 9.17) is 5.26 Å². The third-order valence-electron chi connectivity index (χ3n) is 6.61. The Bertz CT molecular complexity index is 1290. The molecule has 4 rings (SSSR count). The van der Waals surface area contributed by atoms with Crippen molar-refractivity contribution in [2.45, 2.75) is 43.2 Å². The second-order valence-electron chi connectivity index (χ2n) is 9.03. The summed E-state index contributed by atoms with van der Waals surface area (Å²) < 4.78 is 52.5. The van der Waals surface area contributed by atoms with Crippen molar-refractivity contribution in [1.82, 2.24) is 14.5 Å². The van der Waals surface area contributed by atoms with Crippen LogP contribution >= 0.6 is 0 Å². The van der Waals surface area contributed by atoms with Gasteiger partial charge in [-0.25, -0.2) is 17.2 Å². The minimum Gasteiger partial charge on any atom is -0.348 e. The van der Waals surface area contributed by atoms with Gasteiger partial charge < -0.3 is 10.2 Å². The van der Waals surface area contributed by atoms with E-state index in [1.807, 2.05) is 6.07 Å². The third-order valence-corrected chi connectivity index (χ3v) is 8.44. The molecule has 2 amide bonds. The summed E-state index contributed by atoms with van der Waals surface area (Å²) in [5.41, 5.74) is 0.711. The molecule has 11 heteroatoms. The molecule has 2 fully saturated rings. The molecule has 2 aromatic carbocycles. The van der Waals surface area contributed by atoms with Crippen LogP contribution in [0.2, 0.25) is 0 Å². The molecule has 0 bridgehead atoms. The fraction of sp³-hybridized carbons (Fsp3) is 0.400. The second-order valence-corrected chi connectivity index (χ2v) is 11.0. The largest absolute Gasteiger partial charge is 0.348 e. The summed E-state index contributed by atoms with van der Waals surface area (Å²) in [6.07, 6.45) is -1.51. The van der Waals surface area contributed by atoms with Gasteiger partial charge in [-0.1, -0.05) is 30.3 Å². The van der Waals surface area contributed by atoms with E-state index in [1.165, 1.54) is 57.7 Å². The first-order valence-corrected chi connectivity index (χ1v) is 13.0. The number of nitriles is 1. The molecule has 8 nitrogen and oxygen atoms in total. The van der Waals surface area contributed by atoms with Crippen LogP contribution in [0.25, 0.3) is 0 Å². The predicted molar refractivity (Wildman–Crippen MR) is 126 cm³/mol. The maximum atomic E-state index is 13.3. The number of rotatable bonds is 7. The Kier molecular flexibility index (Phi) is 7.38. The van der Waals surface area contributed by atoms with Gasteiger partial charge in [-0.2, -0.15) is 9.57 Å². The van der Waals surface area contributed by atoms with Gasteiger partial charge in [-0.05, 0) is 43.5 Å². The van der Waals surface area contributed by atoms with E-state index in [-0.39, 0.29) is 40.9 Å². The number of amides is 2. The number of carbonyl (C=O) groups is 2. The molecule has 0 radical (unpaired) electrons. The number of nitrogens with one attached hydrogen (secondary N) is 1. The number of nitrogens with zero attached hydrogens (tertiary/aromatic N) is 3. The first-order chi connectivity index (χ1) is 17.1. The van der Waals surface area contributed by atoms with Gasteiger partial charge in [0.25, 0.3) is 12.3 Å². The average molecular weight is 517 g/mol. The molecule has 0 saturated carbocycles. The zero-order valence-corrected chi connectivity index (χ0v) is 20.4. The fourth-order valence-electron chi connectivity index (χ4n) is 4.43. The minimum absolute atomic E-state index is 0.0363. The third kappa shape index (κ3) is 5.10. The number of halogens is 2. The van der Waals surface area contributed by atoms with Gasteiger partial charge in [-0.3, -0.25) is 9.59 Å². The van der Waals surface area contributed by atoms with Crippen LogP contribution in [0.4, 0.5) is 8.78 Å². The molecular formula is C25H26F2N4O4S. The topological polar surface area (TPSA) is 111 Å². The molecule has 2 heterocycles. The van der Waals surface area contributed by atoms with Crippen molar-refractivity contribution < 1.29 is 26.8 Å². The number of sulfonamides is 1. The molecule has 0 aliphatic carbocycles. The Morgan fingerprint density at radius 2 is 1.78 bits per heavy atom. The molecule has 2 aliphatic rings. The lowest BCUT2D eigenvalue weighted by atomic mass is 10.1. The highest BCUT2D eigenvalue weighted by Gasteiger charge is 2.38. The molecule has 0 spiro atoms. The minimum atomic E-state index is -3.82. The van der Waals surface area contributed by atoms with Crippen molar-refractivity contribution in [3.63, 3.8) is 0 Å². The maximum Gasteiger partial charge on any atom is 0.263 e. The Morgan fingerprint density at radius 1 is 1.11 bits per heavy atom. The summed E-state index contributed by atoms with van der Waals surface area (Å²) in [5, 5.41) is 11.8. The number of benzene rings is 2. The van der Waals surface area contributed by atoms with Crippen LogP contribution < -0.4 is 5.32 Å². The maximum absolute atomic E-state index is 13.3. The van der Waals surface area contributed by atoms with E-state index in [2.05, 4.69) is 5.32 Å². The Morgan fingerprint density at radius 3 is 2.42 bits per heavy atom. The Hall–Kier alpha value is -3.36. The van der Waals surface area contributed by atoms with Crippen LogP contribution in [0.15, 0.2) is 53.4 Å².